The number of carbonyl (C=O) groups excluding carboxylic acids is 4. The quantitative estimate of drug-likeness (QED) is 0.661. The summed E-state index contributed by atoms with van der Waals surface area (Å²) in [5, 5.41) is 5.59. The van der Waals surface area contributed by atoms with Crippen molar-refractivity contribution in [2.75, 3.05) is 26.7 Å². The second-order valence-electron chi connectivity index (χ2n) is 8.90. The van der Waals surface area contributed by atoms with Crippen LogP contribution in [0.4, 0.5) is 0 Å². The second kappa shape index (κ2) is 7.51. The van der Waals surface area contributed by atoms with Crippen molar-refractivity contribution in [3.63, 3.8) is 0 Å². The third-order valence-electron chi connectivity index (χ3n) is 7.01. The van der Waals surface area contributed by atoms with Crippen LogP contribution in [0.3, 0.4) is 0 Å². The number of methoxy groups -OCH3 is 1. The van der Waals surface area contributed by atoms with Crippen LogP contribution in [-0.4, -0.2) is 71.8 Å². The Morgan fingerprint density at radius 2 is 1.65 bits per heavy atom. The molecule has 9 nitrogen and oxygen atoms in total. The Labute approximate surface area is 180 Å². The third-order valence-corrected chi connectivity index (χ3v) is 7.01. The van der Waals surface area contributed by atoms with Gasteiger partial charge in [-0.15, -0.1) is 0 Å². The number of hydrogen-bond acceptors (Lipinski definition) is 7. The van der Waals surface area contributed by atoms with Crippen LogP contribution in [0.25, 0.3) is 0 Å². The highest BCUT2D eigenvalue weighted by Crippen LogP contribution is 2.35. The maximum Gasteiger partial charge on any atom is 0.262 e. The average Bonchev–Trinajstić information content (AvgIpc) is 3.25. The first-order chi connectivity index (χ1) is 14.9. The molecule has 2 N–H and O–H groups in total. The zero-order valence-electron chi connectivity index (χ0n) is 17.5. The molecule has 4 heterocycles. The van der Waals surface area contributed by atoms with E-state index >= 15 is 0 Å². The van der Waals surface area contributed by atoms with Crippen LogP contribution in [0.1, 0.15) is 57.5 Å². The van der Waals surface area contributed by atoms with E-state index in [0.717, 1.165) is 48.5 Å². The molecule has 0 aliphatic carbocycles. The summed E-state index contributed by atoms with van der Waals surface area (Å²) in [6, 6.07) is 2.68. The molecule has 4 aliphatic rings. The average molecular weight is 426 g/mol. The molecule has 2 fully saturated rings. The Kier molecular flexibility index (Phi) is 4.91. The molecule has 0 aromatic heterocycles. The Bertz CT molecular complexity index is 939. The fraction of sp³-hybridized carbons (Fsp3) is 0.545. The summed E-state index contributed by atoms with van der Waals surface area (Å²) in [5.74, 6) is -1.87. The largest absolute Gasteiger partial charge is 0.377 e. The zero-order chi connectivity index (χ0) is 21.8. The van der Waals surface area contributed by atoms with E-state index in [1.165, 1.54) is 0 Å². The van der Waals surface area contributed by atoms with Crippen LogP contribution in [0.5, 0.6) is 0 Å². The molecule has 0 bridgehead atoms. The lowest BCUT2D eigenvalue weighted by atomic mass is 9.91. The number of ether oxygens (including phenoxy) is 1. The monoisotopic (exact) mass is 426 g/mol. The molecule has 0 radical (unpaired) electrons. The lowest BCUT2D eigenvalue weighted by Gasteiger charge is -2.39. The zero-order valence-corrected chi connectivity index (χ0v) is 17.5. The van der Waals surface area contributed by atoms with Gasteiger partial charge in [0.2, 0.25) is 11.8 Å². The maximum atomic E-state index is 13.0. The summed E-state index contributed by atoms with van der Waals surface area (Å²) in [6.45, 7) is 4.06. The van der Waals surface area contributed by atoms with E-state index in [1.807, 2.05) is 0 Å². The first-order valence-electron chi connectivity index (χ1n) is 10.8. The number of hydrogen-bond donors (Lipinski definition) is 2. The van der Waals surface area contributed by atoms with Gasteiger partial charge in [-0.25, -0.2) is 0 Å². The number of piperidine rings is 2. The lowest BCUT2D eigenvalue weighted by Crippen LogP contribution is -2.54. The van der Waals surface area contributed by atoms with Crippen molar-refractivity contribution >= 4 is 23.6 Å². The molecule has 0 saturated carbocycles. The van der Waals surface area contributed by atoms with Gasteiger partial charge >= 0.3 is 0 Å². The van der Waals surface area contributed by atoms with Gasteiger partial charge in [0, 0.05) is 33.2 Å². The minimum absolute atomic E-state index is 0.117. The van der Waals surface area contributed by atoms with E-state index in [1.54, 1.807) is 19.2 Å². The Balaban J connectivity index is 1.35. The van der Waals surface area contributed by atoms with E-state index in [0.29, 0.717) is 24.2 Å². The highest BCUT2D eigenvalue weighted by molar-refractivity contribution is 6.23. The Morgan fingerprint density at radius 3 is 2.19 bits per heavy atom. The number of nitrogens with zero attached hydrogens (tertiary/aromatic N) is 2. The molecule has 2 saturated heterocycles. The number of imide groups is 2. The summed E-state index contributed by atoms with van der Waals surface area (Å²) in [5.41, 5.74) is 2.58. The molecule has 1 aromatic carbocycles. The summed E-state index contributed by atoms with van der Waals surface area (Å²) >= 11 is 0. The number of nitrogens with one attached hydrogen (secondary N) is 2. The second-order valence-corrected chi connectivity index (χ2v) is 8.90. The number of amides is 4. The van der Waals surface area contributed by atoms with Crippen LogP contribution in [0, 0.1) is 0 Å². The number of carbonyl (C=O) groups is 4. The molecule has 1 unspecified atom stereocenters. The molecule has 5 rings (SSSR count). The predicted octanol–water partition coefficient (Wildman–Crippen LogP) is 0.172. The van der Waals surface area contributed by atoms with Crippen LogP contribution in [-0.2, 0) is 27.4 Å². The van der Waals surface area contributed by atoms with Gasteiger partial charge in [0.15, 0.2) is 0 Å². The van der Waals surface area contributed by atoms with Crippen LogP contribution in [0.2, 0.25) is 0 Å². The minimum Gasteiger partial charge on any atom is -0.377 e. The SMILES string of the molecule is COC1(CN2Cc3cc4c(cc3C2)C(=O)N(C2CCC(=O)NC2=O)C4=O)CCNCC1. The van der Waals surface area contributed by atoms with Crippen LogP contribution >= 0.6 is 0 Å². The fourth-order valence-electron chi connectivity index (χ4n) is 5.27. The summed E-state index contributed by atoms with van der Waals surface area (Å²) < 4.78 is 5.89. The molecule has 4 amide bonds. The normalized spacial score (nSPS) is 25.6. The molecular formula is C22H26N4O5. The molecule has 4 aliphatic heterocycles. The molecule has 0 spiro atoms. The Morgan fingerprint density at radius 1 is 1.03 bits per heavy atom. The standard InChI is InChI=1S/C22H26N4O5/c1-31-22(4-6-23-7-5-22)12-25-10-13-8-15-16(9-14(13)11-25)21(30)26(20(15)29)17-2-3-18(27)24-19(17)28/h8-9,17,23H,2-7,10-12H2,1H3,(H,24,27,28). The highest BCUT2D eigenvalue weighted by Gasteiger charge is 2.45. The molecule has 9 heteroatoms. The molecular weight excluding hydrogens is 400 g/mol. The van der Waals surface area contributed by atoms with E-state index in [2.05, 4.69) is 15.5 Å². The van der Waals surface area contributed by atoms with E-state index in [9.17, 15) is 19.2 Å². The van der Waals surface area contributed by atoms with Gasteiger partial charge in [0.25, 0.3) is 11.8 Å². The van der Waals surface area contributed by atoms with Gasteiger partial charge < -0.3 is 10.1 Å². The van der Waals surface area contributed by atoms with Crippen molar-refractivity contribution < 1.29 is 23.9 Å². The topological polar surface area (TPSA) is 108 Å². The van der Waals surface area contributed by atoms with Gasteiger partial charge in [-0.2, -0.15) is 0 Å². The van der Waals surface area contributed by atoms with E-state index in [4.69, 9.17) is 4.74 Å². The molecule has 31 heavy (non-hydrogen) atoms. The van der Waals surface area contributed by atoms with Crippen molar-refractivity contribution in [2.24, 2.45) is 0 Å². The Hall–Kier alpha value is -2.62. The van der Waals surface area contributed by atoms with E-state index in [-0.39, 0.29) is 24.3 Å². The first-order valence-corrected chi connectivity index (χ1v) is 10.8. The number of rotatable bonds is 4. The molecule has 1 atom stereocenters. The van der Waals surface area contributed by atoms with Gasteiger partial charge in [0.1, 0.15) is 6.04 Å². The van der Waals surface area contributed by atoms with Crippen molar-refractivity contribution in [3.8, 4) is 0 Å². The van der Waals surface area contributed by atoms with Crippen LogP contribution < -0.4 is 10.6 Å². The van der Waals surface area contributed by atoms with Crippen molar-refractivity contribution in [2.45, 2.75) is 50.4 Å². The molecule has 1 aromatic rings. The van der Waals surface area contributed by atoms with Crippen molar-refractivity contribution in [1.82, 2.24) is 20.4 Å². The lowest BCUT2D eigenvalue weighted by molar-refractivity contribution is -0.136. The van der Waals surface area contributed by atoms with Crippen LogP contribution in [0.15, 0.2) is 12.1 Å². The highest BCUT2D eigenvalue weighted by atomic mass is 16.5. The number of fused-ring (bicyclic) bond motifs is 2. The van der Waals surface area contributed by atoms with E-state index < -0.39 is 23.8 Å². The van der Waals surface area contributed by atoms with Gasteiger partial charge in [0.05, 0.1) is 16.7 Å². The maximum absolute atomic E-state index is 13.0. The smallest absolute Gasteiger partial charge is 0.262 e. The van der Waals surface area contributed by atoms with Gasteiger partial charge in [-0.05, 0) is 55.6 Å². The van der Waals surface area contributed by atoms with Gasteiger partial charge in [-0.3, -0.25) is 34.3 Å². The van der Waals surface area contributed by atoms with Crippen molar-refractivity contribution in [1.29, 1.82) is 0 Å². The van der Waals surface area contributed by atoms with Gasteiger partial charge in [-0.1, -0.05) is 0 Å². The summed E-state index contributed by atoms with van der Waals surface area (Å²) in [6.07, 6.45) is 2.18. The predicted molar refractivity (Wildman–Crippen MR) is 109 cm³/mol. The summed E-state index contributed by atoms with van der Waals surface area (Å²) in [7, 11) is 1.77. The molecule has 164 valence electrons. The number of benzene rings is 1. The summed E-state index contributed by atoms with van der Waals surface area (Å²) in [4.78, 5) is 53.0. The minimum atomic E-state index is -0.932. The first kappa shape index (κ1) is 20.3. The fourth-order valence-corrected chi connectivity index (χ4v) is 5.27. The van der Waals surface area contributed by atoms with Crippen molar-refractivity contribution in [3.05, 3.63) is 34.4 Å². The third kappa shape index (κ3) is 3.37.